The number of hydrogen-bond acceptors (Lipinski definition) is 9. The number of nitrogens with one attached hydrogen (secondary N) is 1. The van der Waals surface area contributed by atoms with E-state index >= 15 is 0 Å². The lowest BCUT2D eigenvalue weighted by molar-refractivity contribution is 0.0596. The number of piperidine rings is 1. The van der Waals surface area contributed by atoms with Gasteiger partial charge in [-0.1, -0.05) is 36.3 Å². The third-order valence-corrected chi connectivity index (χ3v) is 8.38. The van der Waals surface area contributed by atoms with Gasteiger partial charge >= 0.3 is 11.7 Å². The number of aromatic nitrogens is 6. The number of anilines is 1. The number of carbonyl (C=O) groups is 2. The van der Waals surface area contributed by atoms with Crippen LogP contribution in [-0.4, -0.2) is 66.8 Å². The molecule has 240 valence electrons. The van der Waals surface area contributed by atoms with Crippen LogP contribution in [0.5, 0.6) is 0 Å². The molecule has 0 bridgehead atoms. The van der Waals surface area contributed by atoms with Gasteiger partial charge in [-0.25, -0.2) is 19.6 Å². The van der Waals surface area contributed by atoms with Crippen molar-refractivity contribution in [1.29, 1.82) is 0 Å². The van der Waals surface area contributed by atoms with Gasteiger partial charge in [-0.15, -0.1) is 5.92 Å². The number of ether oxygens (including phenoxy) is 1. The molecule has 1 saturated heterocycles. The fourth-order valence-electron chi connectivity index (χ4n) is 6.06. The van der Waals surface area contributed by atoms with Crippen molar-refractivity contribution in [1.82, 2.24) is 34.0 Å². The molecule has 3 aromatic heterocycles. The number of fused-ring (bicyclic) bond motifs is 2. The van der Waals surface area contributed by atoms with E-state index in [1.165, 1.54) is 11.7 Å². The summed E-state index contributed by atoms with van der Waals surface area (Å²) in [6, 6.07) is 13.8. The maximum absolute atomic E-state index is 14.1. The molecule has 5 aromatic rings. The third-order valence-electron chi connectivity index (χ3n) is 8.38. The smallest absolute Gasteiger partial charge is 0.338 e. The van der Waals surface area contributed by atoms with E-state index in [0.717, 1.165) is 27.6 Å². The molecule has 2 aromatic carbocycles. The number of aryl methyl sites for hydroxylation is 2. The van der Waals surface area contributed by atoms with Gasteiger partial charge in [0.15, 0.2) is 11.2 Å². The van der Waals surface area contributed by atoms with E-state index < -0.39 is 17.2 Å². The van der Waals surface area contributed by atoms with Crippen LogP contribution in [0.15, 0.2) is 58.1 Å². The molecule has 1 amide bonds. The number of hydrogen-bond donors (Lipinski definition) is 1. The predicted molar refractivity (Wildman–Crippen MR) is 177 cm³/mol. The normalized spacial score (nSPS) is 14.6. The van der Waals surface area contributed by atoms with E-state index in [2.05, 4.69) is 27.1 Å². The lowest BCUT2D eigenvalue weighted by Gasteiger charge is -2.34. The highest BCUT2D eigenvalue weighted by molar-refractivity contribution is 6.05. The first-order chi connectivity index (χ1) is 22.7. The van der Waals surface area contributed by atoms with Crippen LogP contribution in [0.2, 0.25) is 0 Å². The van der Waals surface area contributed by atoms with Gasteiger partial charge in [0.25, 0.3) is 11.5 Å². The quantitative estimate of drug-likeness (QED) is 0.211. The average Bonchev–Trinajstić information content (AvgIpc) is 3.48. The fraction of sp³-hybridized carbons (Fsp3) is 0.324. The first-order valence-electron chi connectivity index (χ1n) is 15.3. The lowest BCUT2D eigenvalue weighted by Crippen LogP contribution is -2.48. The molecule has 0 saturated carbocycles. The van der Waals surface area contributed by atoms with Gasteiger partial charge < -0.3 is 15.0 Å². The van der Waals surface area contributed by atoms with Crippen molar-refractivity contribution in [2.45, 2.75) is 45.8 Å². The number of amides is 1. The number of nitrogens with zero attached hydrogens (tertiary/aromatic N) is 7. The van der Waals surface area contributed by atoms with Crippen LogP contribution >= 0.6 is 0 Å². The van der Waals surface area contributed by atoms with Crippen molar-refractivity contribution in [2.24, 2.45) is 7.05 Å². The lowest BCUT2D eigenvalue weighted by atomic mass is 10.0. The third kappa shape index (κ3) is 5.85. The molecule has 0 spiro atoms. The maximum atomic E-state index is 14.1. The summed E-state index contributed by atoms with van der Waals surface area (Å²) in [6.45, 7) is 4.64. The Balaban J connectivity index is 1.36. The van der Waals surface area contributed by atoms with Crippen molar-refractivity contribution < 1.29 is 14.3 Å². The first kappa shape index (κ1) is 31.2. The second-order valence-electron chi connectivity index (χ2n) is 11.4. The minimum absolute atomic E-state index is 0.113. The van der Waals surface area contributed by atoms with Crippen molar-refractivity contribution in [3.05, 3.63) is 92.0 Å². The number of benzene rings is 2. The summed E-state index contributed by atoms with van der Waals surface area (Å²) >= 11 is 0. The van der Waals surface area contributed by atoms with Gasteiger partial charge in [0.1, 0.15) is 5.82 Å². The van der Waals surface area contributed by atoms with Crippen LogP contribution in [0.25, 0.3) is 22.1 Å². The Morgan fingerprint density at radius 3 is 2.53 bits per heavy atom. The van der Waals surface area contributed by atoms with Crippen molar-refractivity contribution in [3.63, 3.8) is 0 Å². The van der Waals surface area contributed by atoms with Crippen LogP contribution in [-0.2, 0) is 24.9 Å². The van der Waals surface area contributed by atoms with E-state index in [-0.39, 0.29) is 47.3 Å². The highest BCUT2D eigenvalue weighted by Crippen LogP contribution is 2.24. The van der Waals surface area contributed by atoms with E-state index in [1.54, 1.807) is 42.8 Å². The Labute approximate surface area is 269 Å². The zero-order valence-corrected chi connectivity index (χ0v) is 26.6. The minimum atomic E-state index is -0.592. The van der Waals surface area contributed by atoms with Gasteiger partial charge in [0.05, 0.1) is 36.8 Å². The molecule has 1 aliphatic heterocycles. The second-order valence-corrected chi connectivity index (χ2v) is 11.4. The van der Waals surface area contributed by atoms with E-state index in [0.29, 0.717) is 31.3 Å². The molecule has 13 nitrogen and oxygen atoms in total. The van der Waals surface area contributed by atoms with Crippen LogP contribution in [0.3, 0.4) is 0 Å². The van der Waals surface area contributed by atoms with Crippen LogP contribution in [0.1, 0.15) is 52.0 Å². The summed E-state index contributed by atoms with van der Waals surface area (Å²) in [5.74, 6) is 5.77. The van der Waals surface area contributed by atoms with E-state index in [1.807, 2.05) is 36.1 Å². The van der Waals surface area contributed by atoms with Gasteiger partial charge in [-0.3, -0.25) is 23.3 Å². The highest BCUT2D eigenvalue weighted by Gasteiger charge is 2.29. The molecular formula is C34H34N8O5. The van der Waals surface area contributed by atoms with Crippen molar-refractivity contribution >= 4 is 39.9 Å². The zero-order chi connectivity index (χ0) is 33.2. The molecule has 0 unspecified atom stereocenters. The van der Waals surface area contributed by atoms with Gasteiger partial charge in [0, 0.05) is 37.3 Å². The maximum Gasteiger partial charge on any atom is 0.338 e. The Hall–Kier alpha value is -5.77. The molecule has 1 fully saturated rings. The van der Waals surface area contributed by atoms with Crippen LogP contribution in [0.4, 0.5) is 5.95 Å². The Kier molecular flexibility index (Phi) is 8.58. The van der Waals surface area contributed by atoms with Gasteiger partial charge in [0.2, 0.25) is 5.95 Å². The number of esters is 1. The minimum Gasteiger partial charge on any atom is -0.465 e. The van der Waals surface area contributed by atoms with Gasteiger partial charge in [-0.2, -0.15) is 4.98 Å². The zero-order valence-electron chi connectivity index (χ0n) is 26.6. The molecule has 0 aliphatic carbocycles. The molecule has 47 heavy (non-hydrogen) atoms. The van der Waals surface area contributed by atoms with E-state index in [4.69, 9.17) is 9.72 Å². The standard InChI is InChI=1S/C34H34N8O5/c1-5-6-18-41-28-29(39(3)34(46)42(31(28)44)20-27-35-21(2)23-13-9-10-16-26(23)37-27)38-33(41)40-17-11-12-22(19-40)36-30(43)24-14-7-8-15-25(24)32(45)47-4/h7-10,13-16,22H,11-12,17-20H2,1-4H3,(H,36,43)/t22-/m1/s1. The summed E-state index contributed by atoms with van der Waals surface area (Å²) < 4.78 is 9.07. The largest absolute Gasteiger partial charge is 0.465 e. The topological polar surface area (TPSA) is 146 Å². The number of rotatable bonds is 7. The molecule has 1 atom stereocenters. The monoisotopic (exact) mass is 634 g/mol. The summed E-state index contributed by atoms with van der Waals surface area (Å²) in [4.78, 5) is 69.2. The fourth-order valence-corrected chi connectivity index (χ4v) is 6.06. The average molecular weight is 635 g/mol. The van der Waals surface area contributed by atoms with E-state index in [9.17, 15) is 19.2 Å². The molecule has 1 aliphatic rings. The molecule has 1 N–H and O–H groups in total. The second kappa shape index (κ2) is 12.9. The number of carbonyl (C=O) groups excluding carboxylic acids is 2. The SMILES string of the molecule is CC#CCn1c(N2CCC[C@@H](NC(=O)c3ccccc3C(=O)OC)C2)nc2c1c(=O)n(Cc1nc(C)c3ccccc3n1)c(=O)n2C. The van der Waals surface area contributed by atoms with Crippen LogP contribution in [0, 0.1) is 18.8 Å². The van der Waals surface area contributed by atoms with Gasteiger partial charge in [-0.05, 0) is 44.9 Å². The number of methoxy groups -OCH3 is 1. The first-order valence-corrected chi connectivity index (χ1v) is 15.3. The molecule has 13 heteroatoms. The van der Waals surface area contributed by atoms with Crippen LogP contribution < -0.4 is 21.5 Å². The number of para-hydroxylation sites is 1. The summed E-state index contributed by atoms with van der Waals surface area (Å²) in [6.07, 6.45) is 1.43. The number of imidazole rings is 1. The van der Waals surface area contributed by atoms with Crippen molar-refractivity contribution in [2.75, 3.05) is 25.1 Å². The predicted octanol–water partition coefficient (Wildman–Crippen LogP) is 2.41. The molecular weight excluding hydrogens is 600 g/mol. The highest BCUT2D eigenvalue weighted by atomic mass is 16.5. The van der Waals surface area contributed by atoms with Crippen molar-refractivity contribution in [3.8, 4) is 11.8 Å². The Bertz CT molecular complexity index is 2220. The molecule has 4 heterocycles. The summed E-state index contributed by atoms with van der Waals surface area (Å²) in [7, 11) is 2.85. The Morgan fingerprint density at radius 1 is 1.02 bits per heavy atom. The molecule has 6 rings (SSSR count). The summed E-state index contributed by atoms with van der Waals surface area (Å²) in [5.41, 5.74) is 1.30. The molecule has 0 radical (unpaired) electrons. The Morgan fingerprint density at radius 2 is 1.77 bits per heavy atom. The summed E-state index contributed by atoms with van der Waals surface area (Å²) in [5, 5.41) is 3.95.